The Balaban J connectivity index is 0.00000121. The number of hydrogen-bond donors (Lipinski definition) is 0. The van der Waals surface area contributed by atoms with E-state index in [1.807, 2.05) is 18.2 Å². The molecule has 1 aromatic rings. The quantitative estimate of drug-likeness (QED) is 0.395. The molecule has 0 saturated carbocycles. The van der Waals surface area contributed by atoms with E-state index in [9.17, 15) is 5.11 Å². The molecule has 0 N–H and O–H groups in total. The van der Waals surface area contributed by atoms with E-state index in [0.29, 0.717) is 0 Å². The van der Waals surface area contributed by atoms with Crippen LogP contribution < -0.4 is 34.7 Å². The summed E-state index contributed by atoms with van der Waals surface area (Å²) in [5.41, 5.74) is 1.33. The minimum Gasteiger partial charge on any atom is -0.854 e. The van der Waals surface area contributed by atoms with E-state index in [0.717, 1.165) is 19.3 Å². The van der Waals surface area contributed by atoms with Crippen molar-refractivity contribution >= 4 is 0 Å². The minimum absolute atomic E-state index is 0. The largest absolute Gasteiger partial charge is 1.00 e. The number of rotatable bonds is 4. The molecule has 0 radical (unpaired) electrons. The SMILES string of the molecule is [Na+].[O-]CCCCc1ccccc1. The van der Waals surface area contributed by atoms with E-state index in [2.05, 4.69) is 12.1 Å². The van der Waals surface area contributed by atoms with Crippen LogP contribution in [0.5, 0.6) is 0 Å². The molecule has 0 atom stereocenters. The maximum atomic E-state index is 10.1. The molecule has 0 fully saturated rings. The van der Waals surface area contributed by atoms with Gasteiger partial charge in [-0.25, -0.2) is 0 Å². The van der Waals surface area contributed by atoms with Gasteiger partial charge in [0, 0.05) is 0 Å². The summed E-state index contributed by atoms with van der Waals surface area (Å²) in [6.07, 6.45) is 2.87. The van der Waals surface area contributed by atoms with Crippen LogP contribution in [0.15, 0.2) is 30.3 Å². The van der Waals surface area contributed by atoms with Gasteiger partial charge in [-0.05, 0) is 12.0 Å². The van der Waals surface area contributed by atoms with E-state index in [1.54, 1.807) is 0 Å². The first-order valence-electron chi connectivity index (χ1n) is 4.05. The van der Waals surface area contributed by atoms with Gasteiger partial charge in [0.15, 0.2) is 0 Å². The van der Waals surface area contributed by atoms with Crippen molar-refractivity contribution in [2.24, 2.45) is 0 Å². The van der Waals surface area contributed by atoms with E-state index in [-0.39, 0.29) is 36.2 Å². The second kappa shape index (κ2) is 7.81. The normalized spacial score (nSPS) is 9.08. The molecule has 0 unspecified atom stereocenters. The summed E-state index contributed by atoms with van der Waals surface area (Å²) >= 11 is 0. The average Bonchev–Trinajstić information content (AvgIpc) is 2.07. The van der Waals surface area contributed by atoms with Gasteiger partial charge in [0.2, 0.25) is 0 Å². The molecular weight excluding hydrogens is 159 g/mol. The fourth-order valence-electron chi connectivity index (χ4n) is 1.08. The van der Waals surface area contributed by atoms with Crippen LogP contribution in [0.4, 0.5) is 0 Å². The second-order valence-corrected chi connectivity index (χ2v) is 2.65. The van der Waals surface area contributed by atoms with Crippen LogP contribution in [0.2, 0.25) is 0 Å². The Kier molecular flexibility index (Phi) is 7.93. The van der Waals surface area contributed by atoms with E-state index in [1.165, 1.54) is 5.56 Å². The van der Waals surface area contributed by atoms with Gasteiger partial charge in [0.05, 0.1) is 0 Å². The summed E-state index contributed by atoms with van der Waals surface area (Å²) in [6.45, 7) is 0.0623. The van der Waals surface area contributed by atoms with Crippen LogP contribution in [0.25, 0.3) is 0 Å². The maximum Gasteiger partial charge on any atom is 1.00 e. The van der Waals surface area contributed by atoms with Crippen molar-refractivity contribution in [1.29, 1.82) is 0 Å². The first kappa shape index (κ1) is 12.2. The third kappa shape index (κ3) is 4.94. The molecule has 0 amide bonds. The fourth-order valence-corrected chi connectivity index (χ4v) is 1.08. The van der Waals surface area contributed by atoms with Crippen LogP contribution in [0.1, 0.15) is 18.4 Å². The van der Waals surface area contributed by atoms with Crippen molar-refractivity contribution < 1.29 is 34.7 Å². The molecule has 0 bridgehead atoms. The van der Waals surface area contributed by atoms with Crippen molar-refractivity contribution in [3.63, 3.8) is 0 Å². The molecule has 0 heterocycles. The third-order valence-electron chi connectivity index (χ3n) is 1.70. The summed E-state index contributed by atoms with van der Waals surface area (Å²) in [4.78, 5) is 0. The average molecular weight is 172 g/mol. The standard InChI is InChI=1S/C10H13O.Na/c11-9-5-4-8-10-6-2-1-3-7-10;/h1-3,6-7H,4-5,8-9H2;/q-1;+1. The smallest absolute Gasteiger partial charge is 0.854 e. The van der Waals surface area contributed by atoms with Crippen LogP contribution in [-0.4, -0.2) is 6.61 Å². The first-order valence-corrected chi connectivity index (χ1v) is 4.05. The molecule has 2 heteroatoms. The molecule has 60 valence electrons. The van der Waals surface area contributed by atoms with Gasteiger partial charge in [-0.2, -0.15) is 0 Å². The third-order valence-corrected chi connectivity index (χ3v) is 1.70. The van der Waals surface area contributed by atoms with Crippen molar-refractivity contribution in [3.8, 4) is 0 Å². The van der Waals surface area contributed by atoms with E-state index in [4.69, 9.17) is 0 Å². The number of unbranched alkanes of at least 4 members (excludes halogenated alkanes) is 1. The molecule has 0 aliphatic rings. The summed E-state index contributed by atoms with van der Waals surface area (Å²) in [5.74, 6) is 0. The molecule has 0 aliphatic heterocycles. The Labute approximate surface area is 96.1 Å². The van der Waals surface area contributed by atoms with Crippen molar-refractivity contribution in [1.82, 2.24) is 0 Å². The molecule has 1 aromatic carbocycles. The van der Waals surface area contributed by atoms with Crippen LogP contribution in [-0.2, 0) is 6.42 Å². The van der Waals surface area contributed by atoms with Crippen LogP contribution >= 0.6 is 0 Å². The number of benzene rings is 1. The van der Waals surface area contributed by atoms with E-state index >= 15 is 0 Å². The van der Waals surface area contributed by atoms with Crippen molar-refractivity contribution in [3.05, 3.63) is 35.9 Å². The monoisotopic (exact) mass is 172 g/mol. The van der Waals surface area contributed by atoms with Gasteiger partial charge in [-0.1, -0.05) is 43.2 Å². The Morgan fingerprint density at radius 1 is 1.00 bits per heavy atom. The molecule has 0 saturated heterocycles. The molecule has 1 nitrogen and oxygen atoms in total. The molecule has 1 rings (SSSR count). The summed E-state index contributed by atoms with van der Waals surface area (Å²) in [6, 6.07) is 10.3. The van der Waals surface area contributed by atoms with Crippen LogP contribution in [0, 0.1) is 0 Å². The minimum atomic E-state index is 0. The Bertz CT molecular complexity index is 186. The zero-order valence-corrected chi connectivity index (χ0v) is 9.62. The van der Waals surface area contributed by atoms with Gasteiger partial charge in [-0.3, -0.25) is 0 Å². The molecule has 12 heavy (non-hydrogen) atoms. The first-order chi connectivity index (χ1) is 5.43. The van der Waals surface area contributed by atoms with E-state index < -0.39 is 0 Å². The van der Waals surface area contributed by atoms with Gasteiger partial charge >= 0.3 is 29.6 Å². The van der Waals surface area contributed by atoms with Gasteiger partial charge in [0.25, 0.3) is 0 Å². The molecular formula is C10H13NaO. The molecule has 0 spiro atoms. The van der Waals surface area contributed by atoms with Crippen LogP contribution in [0.3, 0.4) is 0 Å². The summed E-state index contributed by atoms with van der Waals surface area (Å²) in [7, 11) is 0. The predicted octanol–water partition coefficient (Wildman–Crippen LogP) is -1.63. The maximum absolute atomic E-state index is 10.1. The molecule has 0 aromatic heterocycles. The zero-order chi connectivity index (χ0) is 7.94. The number of aryl methyl sites for hydroxylation is 1. The fraction of sp³-hybridized carbons (Fsp3) is 0.400. The van der Waals surface area contributed by atoms with Gasteiger partial charge in [0.1, 0.15) is 0 Å². The Morgan fingerprint density at radius 3 is 2.25 bits per heavy atom. The Morgan fingerprint density at radius 2 is 1.67 bits per heavy atom. The van der Waals surface area contributed by atoms with Gasteiger partial charge < -0.3 is 5.11 Å². The summed E-state index contributed by atoms with van der Waals surface area (Å²) < 4.78 is 0. The topological polar surface area (TPSA) is 23.1 Å². The van der Waals surface area contributed by atoms with Gasteiger partial charge in [-0.15, -0.1) is 6.61 Å². The van der Waals surface area contributed by atoms with Crippen molar-refractivity contribution in [2.45, 2.75) is 19.3 Å². The summed E-state index contributed by atoms with van der Waals surface area (Å²) in [5, 5.41) is 10.1. The zero-order valence-electron chi connectivity index (χ0n) is 7.62. The Hall–Kier alpha value is 0.180. The predicted molar refractivity (Wildman–Crippen MR) is 44.2 cm³/mol. The molecule has 0 aliphatic carbocycles. The number of hydrogen-bond acceptors (Lipinski definition) is 1. The van der Waals surface area contributed by atoms with Crippen molar-refractivity contribution in [2.75, 3.05) is 6.61 Å². The second-order valence-electron chi connectivity index (χ2n) is 2.65.